The van der Waals surface area contributed by atoms with Crippen LogP contribution < -0.4 is 20.7 Å². The Bertz CT molecular complexity index is 1840. The minimum absolute atomic E-state index is 0.0143. The van der Waals surface area contributed by atoms with E-state index < -0.39 is 33.6 Å². The summed E-state index contributed by atoms with van der Waals surface area (Å²) in [4.78, 5) is 26.0. The van der Waals surface area contributed by atoms with E-state index in [0.717, 1.165) is 6.07 Å². The number of methoxy groups -OCH3 is 2. The average Bonchev–Trinajstić information content (AvgIpc) is 2.92. The monoisotopic (exact) mass is 555 g/mol. The van der Waals surface area contributed by atoms with E-state index in [2.05, 4.69) is 0 Å². The van der Waals surface area contributed by atoms with Crippen molar-refractivity contribution in [3.8, 4) is 17.2 Å². The molecule has 0 saturated carbocycles. The fraction of sp³-hybridized carbons (Fsp3) is 0.143. The topological polar surface area (TPSA) is 90.9 Å². The molecule has 0 saturated heterocycles. The third-order valence-corrected chi connectivity index (χ3v) is 7.32. The smallest absolute Gasteiger partial charge is 0.417 e. The first kappa shape index (κ1) is 26.2. The fourth-order valence-corrected chi connectivity index (χ4v) is 5.33. The summed E-state index contributed by atoms with van der Waals surface area (Å²) >= 11 is 0.381. The number of hydrogen-bond acceptors (Lipinski definition) is 7. The molecular formula is C28H20F3NO6S. The zero-order valence-corrected chi connectivity index (χ0v) is 21.4. The molecule has 39 heavy (non-hydrogen) atoms. The Labute approximate surface area is 223 Å². The normalized spacial score (nSPS) is 11.7. The van der Waals surface area contributed by atoms with E-state index in [1.807, 2.05) is 0 Å². The molecule has 0 aliphatic carbocycles. The van der Waals surface area contributed by atoms with Gasteiger partial charge in [-0.3, -0.25) is 4.79 Å². The van der Waals surface area contributed by atoms with Gasteiger partial charge in [0.15, 0.2) is 11.3 Å². The van der Waals surface area contributed by atoms with Crippen LogP contribution in [0.4, 0.5) is 13.2 Å². The molecule has 0 unspecified atom stereocenters. The molecule has 0 amide bonds. The summed E-state index contributed by atoms with van der Waals surface area (Å²) in [6, 6.07) is 16.4. The van der Waals surface area contributed by atoms with Crippen molar-refractivity contribution in [2.24, 2.45) is 0 Å². The lowest BCUT2D eigenvalue weighted by molar-refractivity contribution is -0.139. The zero-order valence-electron chi connectivity index (χ0n) is 20.5. The number of nitrogens with zero attached hydrogens (tertiary/aromatic N) is 1. The molecule has 0 bridgehead atoms. The Hall–Kier alpha value is -4.38. The van der Waals surface area contributed by atoms with Gasteiger partial charge in [-0.05, 0) is 30.3 Å². The molecule has 0 aliphatic rings. The number of benzene rings is 3. The van der Waals surface area contributed by atoms with Crippen LogP contribution >= 0.6 is 11.8 Å². The van der Waals surface area contributed by atoms with Crippen LogP contribution in [0.1, 0.15) is 11.1 Å². The van der Waals surface area contributed by atoms with Crippen molar-refractivity contribution in [3.63, 3.8) is 0 Å². The maximum absolute atomic E-state index is 13.9. The summed E-state index contributed by atoms with van der Waals surface area (Å²) in [5.74, 6) is 0.182. The van der Waals surface area contributed by atoms with Gasteiger partial charge >= 0.3 is 11.8 Å². The van der Waals surface area contributed by atoms with Crippen molar-refractivity contribution in [3.05, 3.63) is 98.6 Å². The molecule has 11 heteroatoms. The average molecular weight is 556 g/mol. The van der Waals surface area contributed by atoms with Gasteiger partial charge in [0.05, 0.1) is 31.8 Å². The predicted octanol–water partition coefficient (Wildman–Crippen LogP) is 6.05. The standard InChI is InChI=1S/C28H20F3NO6S/c1-36-16-11-12-17-19(13-16)32(14-15-7-3-5-9-20(15)37-2)26(34)22-23(33)25(27(35)38-24(17)22)39-21-10-6-4-8-18(21)28(29,30)31/h3-13,33H,14H2,1-2H3. The van der Waals surface area contributed by atoms with Crippen molar-refractivity contribution >= 4 is 33.6 Å². The first-order valence-electron chi connectivity index (χ1n) is 11.5. The van der Waals surface area contributed by atoms with Gasteiger partial charge < -0.3 is 23.6 Å². The summed E-state index contributed by atoms with van der Waals surface area (Å²) in [5.41, 5.74) is -1.98. The molecule has 1 N–H and O–H groups in total. The molecule has 5 rings (SSSR count). The summed E-state index contributed by atoms with van der Waals surface area (Å²) < 4.78 is 58.3. The lowest BCUT2D eigenvalue weighted by atomic mass is 10.1. The number of hydrogen-bond donors (Lipinski definition) is 1. The van der Waals surface area contributed by atoms with Gasteiger partial charge in [-0.1, -0.05) is 42.1 Å². The number of aromatic nitrogens is 1. The number of alkyl halides is 3. The second-order valence-corrected chi connectivity index (χ2v) is 9.51. The highest BCUT2D eigenvalue weighted by molar-refractivity contribution is 7.99. The summed E-state index contributed by atoms with van der Waals surface area (Å²) in [6.07, 6.45) is -4.70. The van der Waals surface area contributed by atoms with Gasteiger partial charge in [0.25, 0.3) is 5.56 Å². The van der Waals surface area contributed by atoms with Crippen LogP contribution in [0.3, 0.4) is 0 Å². The molecule has 0 atom stereocenters. The van der Waals surface area contributed by atoms with Crippen molar-refractivity contribution in [2.75, 3.05) is 14.2 Å². The number of rotatable bonds is 6. The van der Waals surface area contributed by atoms with E-state index in [1.165, 1.54) is 37.0 Å². The number of para-hydroxylation sites is 1. The van der Waals surface area contributed by atoms with Crippen molar-refractivity contribution in [1.82, 2.24) is 4.57 Å². The van der Waals surface area contributed by atoms with E-state index in [9.17, 15) is 27.9 Å². The van der Waals surface area contributed by atoms with Gasteiger partial charge in [0.1, 0.15) is 21.8 Å². The largest absolute Gasteiger partial charge is 0.505 e. The first-order valence-corrected chi connectivity index (χ1v) is 12.3. The third-order valence-electron chi connectivity index (χ3n) is 6.18. The highest BCUT2D eigenvalue weighted by atomic mass is 32.2. The lowest BCUT2D eigenvalue weighted by Gasteiger charge is -2.16. The molecule has 2 aromatic heterocycles. The summed E-state index contributed by atoms with van der Waals surface area (Å²) in [5, 5.41) is 11.2. The number of aromatic hydroxyl groups is 1. The van der Waals surface area contributed by atoms with Crippen LogP contribution in [0.2, 0.25) is 0 Å². The number of fused-ring (bicyclic) bond motifs is 3. The molecule has 3 aromatic carbocycles. The van der Waals surface area contributed by atoms with Crippen LogP contribution in [-0.2, 0) is 12.7 Å². The van der Waals surface area contributed by atoms with Crippen LogP contribution in [0, 0.1) is 0 Å². The zero-order chi connectivity index (χ0) is 27.9. The van der Waals surface area contributed by atoms with Crippen LogP contribution in [0.15, 0.2) is 90.5 Å². The van der Waals surface area contributed by atoms with E-state index in [4.69, 9.17) is 13.9 Å². The minimum Gasteiger partial charge on any atom is -0.505 e. The Morgan fingerprint density at radius 2 is 1.69 bits per heavy atom. The van der Waals surface area contributed by atoms with Crippen LogP contribution in [0.25, 0.3) is 21.9 Å². The van der Waals surface area contributed by atoms with E-state index in [-0.39, 0.29) is 22.4 Å². The van der Waals surface area contributed by atoms with E-state index in [0.29, 0.717) is 39.7 Å². The Kier molecular flexibility index (Phi) is 6.77. The van der Waals surface area contributed by atoms with Crippen molar-refractivity contribution < 1.29 is 32.2 Å². The van der Waals surface area contributed by atoms with Crippen molar-refractivity contribution in [1.29, 1.82) is 0 Å². The van der Waals surface area contributed by atoms with Gasteiger partial charge in [-0.25, -0.2) is 4.79 Å². The minimum atomic E-state index is -4.70. The van der Waals surface area contributed by atoms with Crippen LogP contribution in [-0.4, -0.2) is 23.9 Å². The van der Waals surface area contributed by atoms with E-state index in [1.54, 1.807) is 42.5 Å². The number of halogens is 3. The molecule has 0 aliphatic heterocycles. The highest BCUT2D eigenvalue weighted by Gasteiger charge is 2.34. The summed E-state index contributed by atoms with van der Waals surface area (Å²) in [7, 11) is 2.95. The highest BCUT2D eigenvalue weighted by Crippen LogP contribution is 2.42. The molecule has 200 valence electrons. The summed E-state index contributed by atoms with van der Waals surface area (Å²) in [6.45, 7) is 0.0143. The first-order chi connectivity index (χ1) is 18.6. The molecule has 0 spiro atoms. The molecule has 0 radical (unpaired) electrons. The number of ether oxygens (including phenoxy) is 2. The maximum Gasteiger partial charge on any atom is 0.417 e. The Morgan fingerprint density at radius 1 is 0.974 bits per heavy atom. The van der Waals surface area contributed by atoms with Gasteiger partial charge in [-0.15, -0.1) is 0 Å². The predicted molar refractivity (Wildman–Crippen MR) is 140 cm³/mol. The van der Waals surface area contributed by atoms with Gasteiger partial charge in [-0.2, -0.15) is 13.2 Å². The second-order valence-electron chi connectivity index (χ2n) is 8.45. The SMILES string of the molecule is COc1ccc2c3oc(=O)c(Sc4ccccc4C(F)(F)F)c(O)c3c(=O)n(Cc3ccccc3OC)c2c1. The third kappa shape index (κ3) is 4.69. The fourth-order valence-electron chi connectivity index (χ4n) is 4.34. The van der Waals surface area contributed by atoms with Gasteiger partial charge in [0, 0.05) is 21.9 Å². The molecule has 7 nitrogen and oxygen atoms in total. The molecule has 2 heterocycles. The lowest BCUT2D eigenvalue weighted by Crippen LogP contribution is -2.23. The second kappa shape index (κ2) is 10.1. The maximum atomic E-state index is 13.9. The van der Waals surface area contributed by atoms with E-state index >= 15 is 0 Å². The quantitative estimate of drug-likeness (QED) is 0.255. The Morgan fingerprint density at radius 3 is 2.41 bits per heavy atom. The van der Waals surface area contributed by atoms with Crippen LogP contribution in [0.5, 0.6) is 17.2 Å². The molecule has 5 aromatic rings. The molecular weight excluding hydrogens is 535 g/mol. The molecule has 0 fully saturated rings. The Balaban J connectivity index is 1.80. The van der Waals surface area contributed by atoms with Gasteiger partial charge in [0.2, 0.25) is 0 Å². The van der Waals surface area contributed by atoms with Crippen molar-refractivity contribution in [2.45, 2.75) is 22.5 Å². The number of pyridine rings is 1.